The van der Waals surface area contributed by atoms with E-state index < -0.39 is 0 Å². The van der Waals surface area contributed by atoms with E-state index in [2.05, 4.69) is 15.2 Å². The highest BCUT2D eigenvalue weighted by molar-refractivity contribution is 7.80. The third kappa shape index (κ3) is 3.53. The lowest BCUT2D eigenvalue weighted by atomic mass is 10.0. The molecule has 0 unspecified atom stereocenters. The fourth-order valence-electron chi connectivity index (χ4n) is 3.68. The van der Waals surface area contributed by atoms with Gasteiger partial charge in [0.1, 0.15) is 23.3 Å². The molecule has 0 amide bonds. The molecule has 2 aromatic carbocycles. The van der Waals surface area contributed by atoms with Gasteiger partial charge in [0.2, 0.25) is 0 Å². The number of pyridine rings is 1. The van der Waals surface area contributed by atoms with Gasteiger partial charge in [0, 0.05) is 11.9 Å². The van der Waals surface area contributed by atoms with E-state index in [1.807, 2.05) is 84.9 Å². The van der Waals surface area contributed by atoms with Crippen molar-refractivity contribution in [2.45, 2.75) is 12.1 Å². The molecule has 0 bridgehead atoms. The first-order chi connectivity index (χ1) is 14.8. The van der Waals surface area contributed by atoms with Gasteiger partial charge in [-0.3, -0.25) is 4.98 Å². The quantitative estimate of drug-likeness (QED) is 0.427. The molecule has 30 heavy (non-hydrogen) atoms. The third-order valence-electron chi connectivity index (χ3n) is 5.03. The maximum absolute atomic E-state index is 5.92. The largest absolute Gasteiger partial charge is 0.467 e. The highest BCUT2D eigenvalue weighted by atomic mass is 32.1. The van der Waals surface area contributed by atoms with Gasteiger partial charge in [0.25, 0.3) is 0 Å². The van der Waals surface area contributed by atoms with E-state index in [9.17, 15) is 0 Å². The van der Waals surface area contributed by atoms with Crippen LogP contribution in [0.2, 0.25) is 0 Å². The smallest absolute Gasteiger partial charge is 0.174 e. The summed E-state index contributed by atoms with van der Waals surface area (Å²) in [5.74, 6) is 2.38. The van der Waals surface area contributed by atoms with Crippen molar-refractivity contribution >= 4 is 23.0 Å². The van der Waals surface area contributed by atoms with E-state index in [-0.39, 0.29) is 12.1 Å². The van der Waals surface area contributed by atoms with Gasteiger partial charge in [-0.15, -0.1) is 0 Å². The normalized spacial score (nSPS) is 18.3. The summed E-state index contributed by atoms with van der Waals surface area (Å²) in [6, 6.07) is 27.1. The number of rotatable bonds is 5. The van der Waals surface area contributed by atoms with Crippen LogP contribution in [0.4, 0.5) is 5.69 Å². The minimum Gasteiger partial charge on any atom is -0.467 e. The van der Waals surface area contributed by atoms with Gasteiger partial charge < -0.3 is 19.4 Å². The predicted molar refractivity (Wildman–Crippen MR) is 120 cm³/mol. The Kier molecular flexibility index (Phi) is 4.91. The Morgan fingerprint density at radius 1 is 0.867 bits per heavy atom. The molecule has 3 heterocycles. The maximum atomic E-state index is 5.92. The predicted octanol–water partition coefficient (Wildman–Crippen LogP) is 5.64. The lowest BCUT2D eigenvalue weighted by Gasteiger charge is -2.26. The van der Waals surface area contributed by atoms with E-state index in [1.165, 1.54) is 0 Å². The minimum atomic E-state index is -0.150. The monoisotopic (exact) mass is 413 g/mol. The van der Waals surface area contributed by atoms with E-state index in [4.69, 9.17) is 21.4 Å². The summed E-state index contributed by atoms with van der Waals surface area (Å²) in [6.45, 7) is 0. The Morgan fingerprint density at radius 3 is 2.33 bits per heavy atom. The first kappa shape index (κ1) is 18.4. The molecule has 1 aliphatic rings. The number of benzene rings is 2. The summed E-state index contributed by atoms with van der Waals surface area (Å²) in [5.41, 5.74) is 1.86. The Balaban J connectivity index is 1.47. The molecule has 2 aromatic heterocycles. The molecule has 5 rings (SSSR count). The van der Waals surface area contributed by atoms with Gasteiger partial charge in [0.05, 0.1) is 18.0 Å². The molecular weight excluding hydrogens is 394 g/mol. The van der Waals surface area contributed by atoms with Gasteiger partial charge >= 0.3 is 0 Å². The number of para-hydroxylation sites is 1. The highest BCUT2D eigenvalue weighted by Crippen LogP contribution is 2.41. The van der Waals surface area contributed by atoms with E-state index in [0.29, 0.717) is 5.11 Å². The van der Waals surface area contributed by atoms with Crippen molar-refractivity contribution in [3.63, 3.8) is 0 Å². The second-order valence-corrected chi connectivity index (χ2v) is 7.31. The van der Waals surface area contributed by atoms with Crippen LogP contribution in [0.15, 0.2) is 102 Å². The molecule has 1 saturated heterocycles. The van der Waals surface area contributed by atoms with Crippen LogP contribution in [-0.2, 0) is 0 Å². The zero-order chi connectivity index (χ0) is 20.3. The Hall–Kier alpha value is -3.64. The first-order valence-electron chi connectivity index (χ1n) is 9.66. The average Bonchev–Trinajstić information content (AvgIpc) is 3.43. The van der Waals surface area contributed by atoms with Gasteiger partial charge in [0.15, 0.2) is 5.11 Å². The molecule has 6 heteroatoms. The number of furan rings is 1. The van der Waals surface area contributed by atoms with Crippen molar-refractivity contribution < 1.29 is 9.15 Å². The van der Waals surface area contributed by atoms with Crippen LogP contribution >= 0.6 is 12.2 Å². The summed E-state index contributed by atoms with van der Waals surface area (Å²) >= 11 is 5.70. The molecule has 2 atom stereocenters. The number of hydrogen-bond acceptors (Lipinski definition) is 4. The summed E-state index contributed by atoms with van der Waals surface area (Å²) in [7, 11) is 0. The van der Waals surface area contributed by atoms with Crippen molar-refractivity contribution in [1.82, 2.24) is 10.3 Å². The zero-order valence-electron chi connectivity index (χ0n) is 16.0. The standard InChI is InChI=1S/C24H19N3O2S/c30-24-26-22(20-9-4-5-15-25-20)23(21-10-6-16-28-21)27(24)17-11-13-19(14-12-17)29-18-7-2-1-3-8-18/h1-16,22-23H,(H,26,30)/t22-,23-/m0/s1. The topological polar surface area (TPSA) is 50.5 Å². The number of aromatic nitrogens is 1. The van der Waals surface area contributed by atoms with Crippen molar-refractivity contribution in [3.05, 3.63) is 109 Å². The van der Waals surface area contributed by atoms with Gasteiger partial charge in [-0.1, -0.05) is 24.3 Å². The molecular formula is C24H19N3O2S. The molecule has 0 saturated carbocycles. The summed E-state index contributed by atoms with van der Waals surface area (Å²) < 4.78 is 11.7. The van der Waals surface area contributed by atoms with Crippen LogP contribution < -0.4 is 15.0 Å². The van der Waals surface area contributed by atoms with Crippen molar-refractivity contribution in [2.24, 2.45) is 0 Å². The first-order valence-corrected chi connectivity index (χ1v) is 10.1. The third-order valence-corrected chi connectivity index (χ3v) is 5.34. The van der Waals surface area contributed by atoms with Crippen LogP contribution in [0.5, 0.6) is 11.5 Å². The number of anilines is 1. The lowest BCUT2D eigenvalue weighted by molar-refractivity contribution is 0.432. The minimum absolute atomic E-state index is 0.120. The zero-order valence-corrected chi connectivity index (χ0v) is 16.8. The van der Waals surface area contributed by atoms with Crippen molar-refractivity contribution in [2.75, 3.05) is 4.90 Å². The van der Waals surface area contributed by atoms with E-state index in [1.54, 1.807) is 12.5 Å². The Labute approximate surface area is 179 Å². The molecule has 0 aliphatic carbocycles. The maximum Gasteiger partial charge on any atom is 0.174 e. The summed E-state index contributed by atoms with van der Waals surface area (Å²) in [5, 5.41) is 4.04. The van der Waals surface area contributed by atoms with Crippen molar-refractivity contribution in [3.8, 4) is 11.5 Å². The number of nitrogens with zero attached hydrogens (tertiary/aromatic N) is 2. The second kappa shape index (κ2) is 8.00. The SMILES string of the molecule is S=C1N[C@@H](c2ccccn2)[C@H](c2ccco2)N1c1ccc(Oc2ccccc2)cc1. The fraction of sp³-hybridized carbons (Fsp3) is 0.0833. The van der Waals surface area contributed by atoms with Gasteiger partial charge in [-0.2, -0.15) is 0 Å². The molecule has 0 spiro atoms. The lowest BCUT2D eigenvalue weighted by Crippen LogP contribution is -2.29. The average molecular weight is 414 g/mol. The van der Waals surface area contributed by atoms with Crippen LogP contribution in [0.3, 0.4) is 0 Å². The molecule has 0 radical (unpaired) electrons. The van der Waals surface area contributed by atoms with Crippen LogP contribution in [0.25, 0.3) is 0 Å². The molecule has 5 nitrogen and oxygen atoms in total. The number of thiocarbonyl (C=S) groups is 1. The molecule has 1 fully saturated rings. The van der Waals surface area contributed by atoms with Gasteiger partial charge in [-0.05, 0) is 72.9 Å². The second-order valence-electron chi connectivity index (χ2n) is 6.92. The molecule has 148 valence electrons. The fourth-order valence-corrected chi connectivity index (χ4v) is 4.03. The molecule has 1 N–H and O–H groups in total. The van der Waals surface area contributed by atoms with Gasteiger partial charge in [-0.25, -0.2) is 0 Å². The van der Waals surface area contributed by atoms with Crippen LogP contribution in [0.1, 0.15) is 23.5 Å². The molecule has 1 aliphatic heterocycles. The highest BCUT2D eigenvalue weighted by Gasteiger charge is 2.42. The Bertz CT molecular complexity index is 1120. The van der Waals surface area contributed by atoms with E-state index in [0.717, 1.165) is 28.6 Å². The Morgan fingerprint density at radius 2 is 1.63 bits per heavy atom. The van der Waals surface area contributed by atoms with E-state index >= 15 is 0 Å². The number of nitrogens with one attached hydrogen (secondary N) is 1. The summed E-state index contributed by atoms with van der Waals surface area (Å²) in [6.07, 6.45) is 3.47. The number of hydrogen-bond donors (Lipinski definition) is 1. The summed E-state index contributed by atoms with van der Waals surface area (Å²) in [4.78, 5) is 6.60. The number of ether oxygens (including phenoxy) is 1. The van der Waals surface area contributed by atoms with Crippen molar-refractivity contribution in [1.29, 1.82) is 0 Å². The molecule has 4 aromatic rings. The van der Waals surface area contributed by atoms with Crippen LogP contribution in [-0.4, -0.2) is 10.1 Å². The van der Waals surface area contributed by atoms with Crippen LogP contribution in [0, 0.1) is 0 Å².